The number of nitrogens with zero attached hydrogens (tertiary/aromatic N) is 2. The fourth-order valence-corrected chi connectivity index (χ4v) is 1.60. The van der Waals surface area contributed by atoms with Crippen LogP contribution in [0.1, 0.15) is 16.1 Å². The summed E-state index contributed by atoms with van der Waals surface area (Å²) in [6.07, 6.45) is 0.646. The van der Waals surface area contributed by atoms with Crippen LogP contribution in [0.3, 0.4) is 0 Å². The quantitative estimate of drug-likeness (QED) is 0.360. The van der Waals surface area contributed by atoms with Crippen molar-refractivity contribution in [3.63, 3.8) is 0 Å². The lowest BCUT2D eigenvalue weighted by atomic mass is 10.1. The number of anilines is 1. The van der Waals surface area contributed by atoms with E-state index in [0.29, 0.717) is 17.7 Å². The monoisotopic (exact) mass is 274 g/mol. The molecule has 2 aromatic rings. The number of amides is 1. The van der Waals surface area contributed by atoms with Crippen LogP contribution >= 0.6 is 0 Å². The van der Waals surface area contributed by atoms with Crippen LogP contribution in [0.5, 0.6) is 0 Å². The molecule has 0 N–H and O–H groups in total. The predicted octanol–water partition coefficient (Wildman–Crippen LogP) is 2.01. The molecule has 0 radical (unpaired) electrons. The Hall–Kier alpha value is -2.96. The minimum atomic E-state index is -0.709. The van der Waals surface area contributed by atoms with Gasteiger partial charge in [-0.2, -0.15) is 0 Å². The van der Waals surface area contributed by atoms with E-state index in [1.54, 1.807) is 19.2 Å². The van der Waals surface area contributed by atoms with Gasteiger partial charge in [-0.15, -0.1) is 0 Å². The van der Waals surface area contributed by atoms with Crippen molar-refractivity contribution in [3.05, 3.63) is 57.8 Å². The maximum Gasteiger partial charge on any atom is 0.433 e. The number of rotatable bonds is 5. The molecule has 7 heteroatoms. The van der Waals surface area contributed by atoms with Crippen LogP contribution in [0.25, 0.3) is 0 Å². The second kappa shape index (κ2) is 5.35. The maximum absolute atomic E-state index is 12.0. The first-order chi connectivity index (χ1) is 9.52. The summed E-state index contributed by atoms with van der Waals surface area (Å²) in [6, 6.07) is 8.61. The maximum atomic E-state index is 12.0. The third-order valence-corrected chi connectivity index (χ3v) is 2.69. The number of hydrogen-bond donors (Lipinski definition) is 0. The van der Waals surface area contributed by atoms with Crippen molar-refractivity contribution < 1.29 is 18.9 Å². The van der Waals surface area contributed by atoms with Gasteiger partial charge in [-0.05, 0) is 30.3 Å². The molecule has 0 unspecified atom stereocenters. The largest absolute Gasteiger partial charge is 0.433 e. The van der Waals surface area contributed by atoms with Gasteiger partial charge in [-0.3, -0.25) is 19.7 Å². The number of furan rings is 1. The molecule has 0 aliphatic rings. The number of carbonyl (C=O) groups is 2. The highest BCUT2D eigenvalue weighted by molar-refractivity contribution is 6.07. The Morgan fingerprint density at radius 3 is 2.40 bits per heavy atom. The molecule has 0 fully saturated rings. The van der Waals surface area contributed by atoms with Crippen LogP contribution in [0.4, 0.5) is 11.6 Å². The Balaban J connectivity index is 2.24. The number of ketones is 1. The molecule has 1 heterocycles. The SMILES string of the molecule is CN(C=O)c1ccc(C(=O)c2ccc([N+](=O)[O-])o2)cc1. The highest BCUT2D eigenvalue weighted by Crippen LogP contribution is 2.20. The second-order valence-electron chi connectivity index (χ2n) is 3.99. The van der Waals surface area contributed by atoms with Gasteiger partial charge >= 0.3 is 5.88 Å². The van der Waals surface area contributed by atoms with E-state index in [-0.39, 0.29) is 5.76 Å². The van der Waals surface area contributed by atoms with Gasteiger partial charge in [-0.25, -0.2) is 0 Å². The van der Waals surface area contributed by atoms with Gasteiger partial charge in [0.05, 0.1) is 6.07 Å². The van der Waals surface area contributed by atoms with Crippen LogP contribution in [0, 0.1) is 10.1 Å². The van der Waals surface area contributed by atoms with Gasteiger partial charge in [-0.1, -0.05) is 0 Å². The summed E-state index contributed by atoms with van der Waals surface area (Å²) >= 11 is 0. The molecular weight excluding hydrogens is 264 g/mol. The van der Waals surface area contributed by atoms with Crippen molar-refractivity contribution in [2.75, 3.05) is 11.9 Å². The fourth-order valence-electron chi connectivity index (χ4n) is 1.60. The van der Waals surface area contributed by atoms with Gasteiger partial charge < -0.3 is 9.32 Å². The molecule has 7 nitrogen and oxygen atoms in total. The van der Waals surface area contributed by atoms with E-state index in [0.717, 1.165) is 6.07 Å². The van der Waals surface area contributed by atoms with Crippen LogP contribution in [0.15, 0.2) is 40.8 Å². The third-order valence-electron chi connectivity index (χ3n) is 2.69. The Kier molecular flexibility index (Phi) is 3.60. The smallest absolute Gasteiger partial charge is 0.397 e. The van der Waals surface area contributed by atoms with E-state index >= 15 is 0 Å². The predicted molar refractivity (Wildman–Crippen MR) is 69.7 cm³/mol. The number of nitro groups is 1. The van der Waals surface area contributed by atoms with Gasteiger partial charge in [0.25, 0.3) is 0 Å². The standard InChI is InChI=1S/C13H10N2O5/c1-14(8-16)10-4-2-9(3-5-10)13(17)11-6-7-12(20-11)15(18)19/h2-8H,1H3. The fraction of sp³-hybridized carbons (Fsp3) is 0.0769. The zero-order chi connectivity index (χ0) is 14.7. The second-order valence-corrected chi connectivity index (χ2v) is 3.99. The summed E-state index contributed by atoms with van der Waals surface area (Å²) in [5.74, 6) is -1.04. The lowest BCUT2D eigenvalue weighted by Gasteiger charge is -2.10. The molecule has 1 amide bonds. The van der Waals surface area contributed by atoms with Crippen LogP contribution in [-0.2, 0) is 4.79 Å². The molecule has 0 atom stereocenters. The van der Waals surface area contributed by atoms with Crippen molar-refractivity contribution >= 4 is 23.8 Å². The lowest BCUT2D eigenvalue weighted by molar-refractivity contribution is -0.402. The normalized spacial score (nSPS) is 10.1. The summed E-state index contributed by atoms with van der Waals surface area (Å²) < 4.78 is 4.84. The molecule has 0 bridgehead atoms. The first-order valence-corrected chi connectivity index (χ1v) is 5.60. The number of carbonyl (C=O) groups excluding carboxylic acids is 2. The zero-order valence-electron chi connectivity index (χ0n) is 10.5. The minimum absolute atomic E-state index is 0.104. The van der Waals surface area contributed by atoms with Gasteiger partial charge in [0.15, 0.2) is 5.76 Å². The molecule has 1 aromatic carbocycles. The number of hydrogen-bond acceptors (Lipinski definition) is 5. The van der Waals surface area contributed by atoms with Crippen LogP contribution in [-0.4, -0.2) is 24.2 Å². The summed E-state index contributed by atoms with van der Waals surface area (Å²) in [5.41, 5.74) is 0.944. The molecule has 20 heavy (non-hydrogen) atoms. The van der Waals surface area contributed by atoms with Gasteiger partial charge in [0, 0.05) is 18.3 Å². The Bertz CT molecular complexity index is 660. The van der Waals surface area contributed by atoms with E-state index in [2.05, 4.69) is 0 Å². The van der Waals surface area contributed by atoms with E-state index in [1.165, 1.54) is 23.1 Å². The Labute approximate surface area is 113 Å². The Morgan fingerprint density at radius 2 is 1.90 bits per heavy atom. The highest BCUT2D eigenvalue weighted by atomic mass is 16.6. The minimum Gasteiger partial charge on any atom is -0.397 e. The van der Waals surface area contributed by atoms with Gasteiger partial charge in [0.2, 0.25) is 12.2 Å². The average molecular weight is 274 g/mol. The molecule has 1 aromatic heterocycles. The van der Waals surface area contributed by atoms with E-state index in [1.807, 2.05) is 0 Å². The highest BCUT2D eigenvalue weighted by Gasteiger charge is 2.18. The topological polar surface area (TPSA) is 93.7 Å². The van der Waals surface area contributed by atoms with Crippen LogP contribution in [0.2, 0.25) is 0 Å². The Morgan fingerprint density at radius 1 is 1.25 bits per heavy atom. The van der Waals surface area contributed by atoms with Gasteiger partial charge in [0.1, 0.15) is 4.92 Å². The first-order valence-electron chi connectivity index (χ1n) is 5.60. The molecule has 0 aliphatic heterocycles. The lowest BCUT2D eigenvalue weighted by Crippen LogP contribution is -2.13. The zero-order valence-corrected chi connectivity index (χ0v) is 10.5. The average Bonchev–Trinajstić information content (AvgIpc) is 2.96. The summed E-state index contributed by atoms with van der Waals surface area (Å²) in [5, 5.41) is 10.5. The van der Waals surface area contributed by atoms with E-state index < -0.39 is 16.6 Å². The molecule has 0 spiro atoms. The summed E-state index contributed by atoms with van der Waals surface area (Å²) in [7, 11) is 1.58. The third kappa shape index (κ3) is 2.56. The molecule has 102 valence electrons. The molecule has 0 saturated carbocycles. The molecular formula is C13H10N2O5. The van der Waals surface area contributed by atoms with Crippen molar-refractivity contribution in [1.29, 1.82) is 0 Å². The van der Waals surface area contributed by atoms with Crippen molar-refractivity contribution in [1.82, 2.24) is 0 Å². The van der Waals surface area contributed by atoms with Crippen LogP contribution < -0.4 is 4.90 Å². The molecule has 0 saturated heterocycles. The number of benzene rings is 1. The molecule has 2 rings (SSSR count). The van der Waals surface area contributed by atoms with Crippen molar-refractivity contribution in [3.8, 4) is 0 Å². The van der Waals surface area contributed by atoms with Crippen molar-refractivity contribution in [2.24, 2.45) is 0 Å². The van der Waals surface area contributed by atoms with E-state index in [4.69, 9.17) is 4.42 Å². The molecule has 0 aliphatic carbocycles. The van der Waals surface area contributed by atoms with Crippen molar-refractivity contribution in [2.45, 2.75) is 0 Å². The van der Waals surface area contributed by atoms with E-state index in [9.17, 15) is 19.7 Å². The summed E-state index contributed by atoms with van der Waals surface area (Å²) in [4.78, 5) is 33.8. The summed E-state index contributed by atoms with van der Waals surface area (Å²) in [6.45, 7) is 0. The first kappa shape index (κ1) is 13.5.